The molecule has 0 aliphatic rings. The van der Waals surface area contributed by atoms with Crippen molar-refractivity contribution in [3.8, 4) is 5.75 Å². The van der Waals surface area contributed by atoms with Crippen LogP contribution in [0.25, 0.3) is 0 Å². The minimum Gasteiger partial charge on any atom is -0.496 e. The number of para-hydroxylation sites is 1. The maximum Gasteiger partial charge on any atom is 0.325 e. The van der Waals surface area contributed by atoms with E-state index >= 15 is 0 Å². The smallest absolute Gasteiger partial charge is 0.325 e. The number of carbonyl (C=O) groups is 3. The number of methoxy groups -OCH3 is 1. The van der Waals surface area contributed by atoms with Gasteiger partial charge in [0.25, 0.3) is 0 Å². The van der Waals surface area contributed by atoms with Crippen molar-refractivity contribution in [2.75, 3.05) is 44.9 Å². The van der Waals surface area contributed by atoms with Gasteiger partial charge in [-0.2, -0.15) is 0 Å². The van der Waals surface area contributed by atoms with Crippen LogP contribution in [0, 0.1) is 6.92 Å². The van der Waals surface area contributed by atoms with Crippen molar-refractivity contribution in [3.05, 3.63) is 70.2 Å². The van der Waals surface area contributed by atoms with Crippen LogP contribution in [-0.4, -0.2) is 62.0 Å². The molecule has 0 saturated carbocycles. The van der Waals surface area contributed by atoms with Gasteiger partial charge in [-0.3, -0.25) is 10.1 Å². The number of benzene rings is 2. The zero-order valence-electron chi connectivity index (χ0n) is 20.7. The van der Waals surface area contributed by atoms with Crippen LogP contribution in [0.5, 0.6) is 5.75 Å². The molecule has 4 amide bonds. The molecule has 0 aliphatic carbocycles. The number of thiazole rings is 1. The lowest BCUT2D eigenvalue weighted by Crippen LogP contribution is -2.38. The molecule has 0 aliphatic heterocycles. The Morgan fingerprint density at radius 2 is 1.78 bits per heavy atom. The van der Waals surface area contributed by atoms with Crippen LogP contribution in [0.2, 0.25) is 0 Å². The lowest BCUT2D eigenvalue weighted by atomic mass is 9.99. The second-order valence-corrected chi connectivity index (χ2v) is 9.07. The van der Waals surface area contributed by atoms with Crippen LogP contribution in [0.3, 0.4) is 0 Å². The van der Waals surface area contributed by atoms with Crippen molar-refractivity contribution in [1.29, 1.82) is 0 Å². The molecule has 0 unspecified atom stereocenters. The fourth-order valence-corrected chi connectivity index (χ4v) is 3.96. The van der Waals surface area contributed by atoms with E-state index in [1.165, 1.54) is 18.4 Å². The summed E-state index contributed by atoms with van der Waals surface area (Å²) in [4.78, 5) is 44.1. The van der Waals surface area contributed by atoms with Crippen molar-refractivity contribution in [1.82, 2.24) is 20.5 Å². The summed E-state index contributed by atoms with van der Waals surface area (Å²) in [6.45, 7) is 3.36. The quantitative estimate of drug-likeness (QED) is 0.308. The van der Waals surface area contributed by atoms with E-state index in [0.717, 1.165) is 12.1 Å². The van der Waals surface area contributed by atoms with Crippen LogP contribution < -0.4 is 26.0 Å². The van der Waals surface area contributed by atoms with Gasteiger partial charge in [0.05, 0.1) is 30.6 Å². The first kappa shape index (κ1) is 26.6. The highest BCUT2D eigenvalue weighted by molar-refractivity contribution is 7.13. The molecule has 0 saturated heterocycles. The number of aryl methyl sites for hydroxylation is 1. The second kappa shape index (κ2) is 12.7. The molecule has 0 radical (unpaired) electrons. The average Bonchev–Trinajstić information content (AvgIpc) is 3.30. The first-order valence-electron chi connectivity index (χ1n) is 11.2. The van der Waals surface area contributed by atoms with Crippen molar-refractivity contribution < 1.29 is 19.1 Å². The summed E-state index contributed by atoms with van der Waals surface area (Å²) >= 11 is 1.23. The van der Waals surface area contributed by atoms with Crippen LogP contribution in [0.1, 0.15) is 27.2 Å². The number of hydrogen-bond acceptors (Lipinski definition) is 7. The lowest BCUT2D eigenvalue weighted by Gasteiger charge is -2.13. The van der Waals surface area contributed by atoms with E-state index in [9.17, 15) is 14.4 Å². The number of amides is 4. The summed E-state index contributed by atoms with van der Waals surface area (Å²) in [6, 6.07) is 11.3. The summed E-state index contributed by atoms with van der Waals surface area (Å²) in [5.74, 6) is 0.188. The zero-order valence-corrected chi connectivity index (χ0v) is 21.5. The molecule has 36 heavy (non-hydrogen) atoms. The standard InChI is InChI=1S/C25H30N6O4S/c1-16-9-10-20(19(13-16)22(32)18-7-5-6-8-21(18)35-4)29-24(34)30-25-28-17(15-36-25)14-27-23(33)26-11-12-31(2)3/h5-10,13,15H,11-12,14H2,1-4H3,(H2,26,27,33)(H2,28,29,30,34). The van der Waals surface area contributed by atoms with E-state index < -0.39 is 6.03 Å². The Bertz CT molecular complexity index is 1230. The van der Waals surface area contributed by atoms with Gasteiger partial charge in [-0.25, -0.2) is 14.6 Å². The normalized spacial score (nSPS) is 10.6. The molecular weight excluding hydrogens is 480 g/mol. The van der Waals surface area contributed by atoms with Gasteiger partial charge in [0.15, 0.2) is 10.9 Å². The number of aromatic nitrogens is 1. The van der Waals surface area contributed by atoms with Crippen molar-refractivity contribution in [2.45, 2.75) is 13.5 Å². The predicted molar refractivity (Wildman–Crippen MR) is 141 cm³/mol. The molecule has 1 heterocycles. The summed E-state index contributed by atoms with van der Waals surface area (Å²) in [6.07, 6.45) is 0. The van der Waals surface area contributed by atoms with Gasteiger partial charge in [-0.15, -0.1) is 11.3 Å². The number of urea groups is 2. The van der Waals surface area contributed by atoms with E-state index in [1.54, 1.807) is 41.8 Å². The van der Waals surface area contributed by atoms with Gasteiger partial charge in [-0.1, -0.05) is 23.8 Å². The highest BCUT2D eigenvalue weighted by atomic mass is 32.1. The monoisotopic (exact) mass is 510 g/mol. The minimum atomic E-state index is -0.539. The second-order valence-electron chi connectivity index (χ2n) is 8.21. The third-order valence-corrected chi connectivity index (χ3v) is 5.87. The predicted octanol–water partition coefficient (Wildman–Crippen LogP) is 3.70. The van der Waals surface area contributed by atoms with Gasteiger partial charge in [-0.05, 0) is 45.3 Å². The van der Waals surface area contributed by atoms with E-state index in [0.29, 0.717) is 39.9 Å². The summed E-state index contributed by atoms with van der Waals surface area (Å²) < 4.78 is 5.32. The summed E-state index contributed by atoms with van der Waals surface area (Å²) in [5.41, 5.74) is 2.60. The molecular formula is C25H30N6O4S. The SMILES string of the molecule is COc1ccccc1C(=O)c1cc(C)ccc1NC(=O)Nc1nc(CNC(=O)NCCN(C)C)cs1. The molecule has 11 heteroatoms. The first-order valence-corrected chi connectivity index (χ1v) is 12.1. The third kappa shape index (κ3) is 7.52. The largest absolute Gasteiger partial charge is 0.496 e. The molecule has 0 bridgehead atoms. The molecule has 4 N–H and O–H groups in total. The maximum atomic E-state index is 13.3. The highest BCUT2D eigenvalue weighted by Gasteiger charge is 2.19. The Morgan fingerprint density at radius 1 is 1.00 bits per heavy atom. The van der Waals surface area contributed by atoms with E-state index in [4.69, 9.17) is 4.74 Å². The minimum absolute atomic E-state index is 0.225. The fraction of sp³-hybridized carbons (Fsp3) is 0.280. The summed E-state index contributed by atoms with van der Waals surface area (Å²) in [5, 5.41) is 13.0. The van der Waals surface area contributed by atoms with Crippen molar-refractivity contribution in [3.63, 3.8) is 0 Å². The summed E-state index contributed by atoms with van der Waals surface area (Å²) in [7, 11) is 5.36. The molecule has 0 spiro atoms. The molecule has 0 atom stereocenters. The molecule has 3 rings (SSSR count). The number of nitrogens with one attached hydrogen (secondary N) is 4. The van der Waals surface area contributed by atoms with Crippen molar-refractivity contribution in [2.24, 2.45) is 0 Å². The molecule has 2 aromatic carbocycles. The topological polar surface area (TPSA) is 125 Å². The number of ether oxygens (including phenoxy) is 1. The number of rotatable bonds is 10. The number of likely N-dealkylation sites (N-methyl/N-ethyl adjacent to an activating group) is 1. The number of anilines is 2. The molecule has 0 fully saturated rings. The molecule has 3 aromatic rings. The molecule has 10 nitrogen and oxygen atoms in total. The Hall–Kier alpha value is -3.96. The van der Waals surface area contributed by atoms with Gasteiger partial charge < -0.3 is 25.6 Å². The van der Waals surface area contributed by atoms with Crippen LogP contribution in [-0.2, 0) is 6.54 Å². The van der Waals surface area contributed by atoms with Crippen LogP contribution >= 0.6 is 11.3 Å². The highest BCUT2D eigenvalue weighted by Crippen LogP contribution is 2.26. The van der Waals surface area contributed by atoms with Gasteiger partial charge in [0.1, 0.15) is 5.75 Å². The lowest BCUT2D eigenvalue weighted by molar-refractivity contribution is 0.103. The van der Waals surface area contributed by atoms with Gasteiger partial charge >= 0.3 is 12.1 Å². The van der Waals surface area contributed by atoms with Crippen molar-refractivity contribution >= 4 is 40.0 Å². The number of hydrogen-bond donors (Lipinski definition) is 4. The van der Waals surface area contributed by atoms with E-state index in [-0.39, 0.29) is 18.4 Å². The Kier molecular flexibility index (Phi) is 9.37. The first-order chi connectivity index (χ1) is 17.3. The van der Waals surface area contributed by atoms with Gasteiger partial charge in [0.2, 0.25) is 0 Å². The number of nitrogens with zero attached hydrogens (tertiary/aromatic N) is 2. The van der Waals surface area contributed by atoms with E-state index in [1.807, 2.05) is 32.0 Å². The number of ketones is 1. The fourth-order valence-electron chi connectivity index (χ4n) is 3.25. The Morgan fingerprint density at radius 3 is 2.53 bits per heavy atom. The molecule has 1 aromatic heterocycles. The number of carbonyl (C=O) groups excluding carboxylic acids is 3. The Labute approximate surface area is 214 Å². The van der Waals surface area contributed by atoms with Crippen LogP contribution in [0.15, 0.2) is 47.8 Å². The zero-order chi connectivity index (χ0) is 26.1. The van der Waals surface area contributed by atoms with Gasteiger partial charge in [0, 0.05) is 24.0 Å². The average molecular weight is 511 g/mol. The maximum absolute atomic E-state index is 13.3. The Balaban J connectivity index is 1.62. The molecule has 190 valence electrons. The third-order valence-electron chi connectivity index (χ3n) is 5.07. The van der Waals surface area contributed by atoms with Crippen LogP contribution in [0.4, 0.5) is 20.4 Å². The van der Waals surface area contributed by atoms with E-state index in [2.05, 4.69) is 26.3 Å².